The average Bonchev–Trinajstić information content (AvgIpc) is 2.53. The van der Waals surface area contributed by atoms with Gasteiger partial charge in [0, 0.05) is 11.1 Å². The van der Waals surface area contributed by atoms with Gasteiger partial charge in [-0.05, 0) is 35.1 Å². The molecule has 0 aliphatic heterocycles. The van der Waals surface area contributed by atoms with Crippen molar-refractivity contribution in [3.8, 4) is 5.75 Å². The van der Waals surface area contributed by atoms with Gasteiger partial charge in [-0.25, -0.2) is 0 Å². The number of carbonyl (C=O) groups is 1. The number of ether oxygens (including phenoxy) is 1. The molecule has 23 heavy (non-hydrogen) atoms. The summed E-state index contributed by atoms with van der Waals surface area (Å²) in [5.41, 5.74) is 3.75. The number of hydrogen-bond acceptors (Lipinski definition) is 2. The van der Waals surface area contributed by atoms with Crippen LogP contribution in [0.3, 0.4) is 0 Å². The Kier molecular flexibility index (Phi) is 5.38. The molecule has 2 aromatic carbocycles. The van der Waals surface area contributed by atoms with Gasteiger partial charge in [-0.3, -0.25) is 4.79 Å². The summed E-state index contributed by atoms with van der Waals surface area (Å²) in [6.45, 7) is 10.7. The van der Waals surface area contributed by atoms with Crippen LogP contribution in [0.4, 0.5) is 0 Å². The van der Waals surface area contributed by atoms with Crippen LogP contribution < -0.4 is 4.74 Å². The molecule has 120 valence electrons. The van der Waals surface area contributed by atoms with Crippen LogP contribution in [0, 0.1) is 0 Å². The fraction of sp³-hybridized carbons (Fsp3) is 0.286. The van der Waals surface area contributed by atoms with Crippen molar-refractivity contribution in [1.29, 1.82) is 0 Å². The Hall–Kier alpha value is -2.35. The number of carbonyl (C=O) groups excluding carboxylic acids is 1. The van der Waals surface area contributed by atoms with Crippen LogP contribution in [0.5, 0.6) is 5.75 Å². The zero-order chi connectivity index (χ0) is 16.9. The Labute approximate surface area is 138 Å². The molecule has 0 bridgehead atoms. The van der Waals surface area contributed by atoms with E-state index in [1.807, 2.05) is 48.5 Å². The Morgan fingerprint density at radius 2 is 1.83 bits per heavy atom. The summed E-state index contributed by atoms with van der Waals surface area (Å²) in [5, 5.41) is 0. The van der Waals surface area contributed by atoms with Crippen molar-refractivity contribution in [2.24, 2.45) is 0 Å². The van der Waals surface area contributed by atoms with Gasteiger partial charge in [0.15, 0.2) is 0 Å². The Morgan fingerprint density at radius 3 is 2.39 bits per heavy atom. The second-order valence-electron chi connectivity index (χ2n) is 6.69. The lowest BCUT2D eigenvalue weighted by atomic mass is 9.83. The molecule has 0 spiro atoms. The predicted molar refractivity (Wildman–Crippen MR) is 95.2 cm³/mol. The quantitative estimate of drug-likeness (QED) is 0.548. The smallest absolute Gasteiger partial charge is 0.150 e. The summed E-state index contributed by atoms with van der Waals surface area (Å²) < 4.78 is 6.17. The number of benzene rings is 2. The van der Waals surface area contributed by atoms with E-state index in [1.165, 1.54) is 0 Å². The molecule has 0 aliphatic rings. The highest BCUT2D eigenvalue weighted by molar-refractivity contribution is 5.77. The van der Waals surface area contributed by atoms with Gasteiger partial charge in [-0.1, -0.05) is 57.2 Å². The lowest BCUT2D eigenvalue weighted by molar-refractivity contribution is 0.112. The molecule has 0 aliphatic carbocycles. The lowest BCUT2D eigenvalue weighted by Crippen LogP contribution is -2.15. The van der Waals surface area contributed by atoms with Crippen LogP contribution in [0.15, 0.2) is 55.1 Å². The van der Waals surface area contributed by atoms with E-state index in [0.29, 0.717) is 18.6 Å². The van der Waals surface area contributed by atoms with Crippen molar-refractivity contribution in [3.05, 3.63) is 77.4 Å². The van der Waals surface area contributed by atoms with Crippen molar-refractivity contribution in [3.63, 3.8) is 0 Å². The van der Waals surface area contributed by atoms with E-state index >= 15 is 0 Å². The Morgan fingerprint density at radius 1 is 1.13 bits per heavy atom. The maximum Gasteiger partial charge on any atom is 0.150 e. The molecule has 0 aromatic heterocycles. The van der Waals surface area contributed by atoms with Gasteiger partial charge in [0.05, 0.1) is 0 Å². The van der Waals surface area contributed by atoms with Gasteiger partial charge >= 0.3 is 0 Å². The highest BCUT2D eigenvalue weighted by Gasteiger charge is 2.22. The molecule has 0 N–H and O–H groups in total. The van der Waals surface area contributed by atoms with Crippen LogP contribution in [0.1, 0.15) is 47.8 Å². The first-order valence-electron chi connectivity index (χ1n) is 7.86. The molecule has 0 amide bonds. The topological polar surface area (TPSA) is 26.3 Å². The zero-order valence-electron chi connectivity index (χ0n) is 14.1. The summed E-state index contributed by atoms with van der Waals surface area (Å²) in [7, 11) is 0. The first-order valence-corrected chi connectivity index (χ1v) is 7.86. The summed E-state index contributed by atoms with van der Waals surface area (Å²) >= 11 is 0. The Bertz CT molecular complexity index is 679. The summed E-state index contributed by atoms with van der Waals surface area (Å²) in [5.74, 6) is 0.867. The van der Waals surface area contributed by atoms with E-state index in [2.05, 4.69) is 27.4 Å². The van der Waals surface area contributed by atoms with Gasteiger partial charge in [0.25, 0.3) is 0 Å². The lowest BCUT2D eigenvalue weighted by Gasteiger charge is -2.25. The fourth-order valence-corrected chi connectivity index (χ4v) is 2.55. The third-order valence-electron chi connectivity index (χ3n) is 3.72. The molecule has 0 saturated carbocycles. The zero-order valence-corrected chi connectivity index (χ0v) is 14.1. The largest absolute Gasteiger partial charge is 0.488 e. The van der Waals surface area contributed by atoms with Gasteiger partial charge in [0.2, 0.25) is 0 Å². The molecule has 0 fully saturated rings. The molecule has 0 radical (unpaired) electrons. The number of rotatable bonds is 6. The first kappa shape index (κ1) is 17.0. The van der Waals surface area contributed by atoms with E-state index in [1.54, 1.807) is 0 Å². The van der Waals surface area contributed by atoms with Crippen molar-refractivity contribution in [1.82, 2.24) is 0 Å². The second kappa shape index (κ2) is 7.28. The maximum absolute atomic E-state index is 11.3. The molecule has 2 nitrogen and oxygen atoms in total. The highest BCUT2D eigenvalue weighted by atomic mass is 16.5. The van der Waals surface area contributed by atoms with Crippen molar-refractivity contribution in [2.45, 2.75) is 39.2 Å². The van der Waals surface area contributed by atoms with Crippen LogP contribution in [0.25, 0.3) is 0 Å². The standard InChI is InChI=1S/C21H24O2/c1-5-9-18-12-17(14-22)13-19(21(2,3)4)20(18)23-15-16-10-7-6-8-11-16/h5-8,10-14H,1,9,15H2,2-4H3. The van der Waals surface area contributed by atoms with Gasteiger partial charge in [-0.2, -0.15) is 0 Å². The molecular weight excluding hydrogens is 284 g/mol. The third-order valence-corrected chi connectivity index (χ3v) is 3.72. The van der Waals surface area contributed by atoms with Crippen LogP contribution in [-0.4, -0.2) is 6.29 Å². The van der Waals surface area contributed by atoms with Crippen LogP contribution >= 0.6 is 0 Å². The molecular formula is C21H24O2. The molecule has 0 unspecified atom stereocenters. The average molecular weight is 308 g/mol. The maximum atomic E-state index is 11.3. The van der Waals surface area contributed by atoms with Crippen LogP contribution in [-0.2, 0) is 18.4 Å². The molecule has 2 aromatic rings. The molecule has 0 heterocycles. The van der Waals surface area contributed by atoms with Crippen molar-refractivity contribution in [2.75, 3.05) is 0 Å². The number of aldehydes is 1. The fourth-order valence-electron chi connectivity index (χ4n) is 2.55. The van der Waals surface area contributed by atoms with Gasteiger partial charge in [0.1, 0.15) is 18.6 Å². The van der Waals surface area contributed by atoms with E-state index in [9.17, 15) is 4.79 Å². The first-order chi connectivity index (χ1) is 11.0. The predicted octanol–water partition coefficient (Wildman–Crippen LogP) is 5.10. The molecule has 2 rings (SSSR count). The van der Waals surface area contributed by atoms with Crippen molar-refractivity contribution < 1.29 is 9.53 Å². The Balaban J connectivity index is 2.45. The molecule has 0 saturated heterocycles. The van der Waals surface area contributed by atoms with E-state index in [-0.39, 0.29) is 5.41 Å². The molecule has 2 heteroatoms. The minimum Gasteiger partial charge on any atom is -0.488 e. The molecule has 0 atom stereocenters. The van der Waals surface area contributed by atoms with Crippen LogP contribution in [0.2, 0.25) is 0 Å². The normalized spacial score (nSPS) is 11.1. The van der Waals surface area contributed by atoms with Gasteiger partial charge in [-0.15, -0.1) is 6.58 Å². The monoisotopic (exact) mass is 308 g/mol. The van der Waals surface area contributed by atoms with E-state index in [4.69, 9.17) is 4.74 Å². The van der Waals surface area contributed by atoms with E-state index < -0.39 is 0 Å². The minimum atomic E-state index is -0.110. The SMILES string of the molecule is C=CCc1cc(C=O)cc(C(C)(C)C)c1OCc1ccccc1. The summed E-state index contributed by atoms with van der Waals surface area (Å²) in [4.78, 5) is 11.3. The second-order valence-corrected chi connectivity index (χ2v) is 6.69. The third kappa shape index (κ3) is 4.32. The minimum absolute atomic E-state index is 0.110. The summed E-state index contributed by atoms with van der Waals surface area (Å²) in [6.07, 6.45) is 3.41. The van der Waals surface area contributed by atoms with E-state index in [0.717, 1.165) is 28.7 Å². The highest BCUT2D eigenvalue weighted by Crippen LogP contribution is 2.36. The summed E-state index contributed by atoms with van der Waals surface area (Å²) in [6, 6.07) is 13.9. The van der Waals surface area contributed by atoms with Gasteiger partial charge < -0.3 is 4.74 Å². The number of allylic oxidation sites excluding steroid dienone is 1. The van der Waals surface area contributed by atoms with Crippen molar-refractivity contribution >= 4 is 6.29 Å². The number of hydrogen-bond donors (Lipinski definition) is 0.